The number of amides is 1. The summed E-state index contributed by atoms with van der Waals surface area (Å²) in [5, 5.41) is 2.93. The van der Waals surface area contributed by atoms with Gasteiger partial charge in [-0.05, 0) is 55.5 Å². The number of benzene rings is 1. The molecule has 168 valence electrons. The Morgan fingerprint density at radius 3 is 2.65 bits per heavy atom. The molecule has 1 saturated heterocycles. The van der Waals surface area contributed by atoms with Gasteiger partial charge in [-0.1, -0.05) is 6.07 Å². The van der Waals surface area contributed by atoms with E-state index in [1.54, 1.807) is 24.4 Å². The van der Waals surface area contributed by atoms with Gasteiger partial charge in [-0.3, -0.25) is 4.79 Å². The number of pyridine rings is 1. The van der Waals surface area contributed by atoms with Crippen LogP contribution < -0.4 is 19.7 Å². The van der Waals surface area contributed by atoms with Crippen LogP contribution in [0.5, 0.6) is 11.5 Å². The van der Waals surface area contributed by atoms with E-state index < -0.39 is 12.8 Å². The van der Waals surface area contributed by atoms with Gasteiger partial charge in [0.15, 0.2) is 23.9 Å². The monoisotopic (exact) mass is 437 g/mol. The van der Waals surface area contributed by atoms with Crippen molar-refractivity contribution < 1.29 is 27.4 Å². The zero-order valence-electron chi connectivity index (χ0n) is 17.4. The summed E-state index contributed by atoms with van der Waals surface area (Å²) in [6.07, 6.45) is 1.31. The normalized spacial score (nSPS) is 14.3. The third-order valence-corrected chi connectivity index (χ3v) is 4.98. The van der Waals surface area contributed by atoms with Gasteiger partial charge in [-0.15, -0.1) is 0 Å². The molecule has 0 spiro atoms. The average molecular weight is 437 g/mol. The van der Waals surface area contributed by atoms with E-state index in [0.29, 0.717) is 12.1 Å². The second-order valence-electron chi connectivity index (χ2n) is 7.36. The van der Waals surface area contributed by atoms with Crippen LogP contribution in [0.1, 0.15) is 31.2 Å². The summed E-state index contributed by atoms with van der Waals surface area (Å²) < 4.78 is 47.0. The van der Waals surface area contributed by atoms with Crippen molar-refractivity contribution in [2.24, 2.45) is 0 Å². The van der Waals surface area contributed by atoms with Crippen LogP contribution in [0.4, 0.5) is 24.7 Å². The maximum Gasteiger partial charge on any atom is 0.422 e. The number of alkyl halides is 3. The maximum absolute atomic E-state index is 12.5. The lowest BCUT2D eigenvalue weighted by atomic mass is 10.1. The molecule has 1 N–H and O–H groups in total. The number of piperidine rings is 1. The quantitative estimate of drug-likeness (QED) is 0.654. The lowest BCUT2D eigenvalue weighted by Crippen LogP contribution is -2.31. The minimum absolute atomic E-state index is 0.00885. The summed E-state index contributed by atoms with van der Waals surface area (Å²) in [6, 6.07) is 8.26. The van der Waals surface area contributed by atoms with Crippen LogP contribution in [-0.2, 0) is 11.2 Å². The molecule has 0 atom stereocenters. The molecular formula is C22H26F3N3O3. The van der Waals surface area contributed by atoms with Crippen LogP contribution in [-0.4, -0.2) is 43.9 Å². The fourth-order valence-electron chi connectivity index (χ4n) is 3.47. The summed E-state index contributed by atoms with van der Waals surface area (Å²) in [6.45, 7) is 0.445. The van der Waals surface area contributed by atoms with Crippen molar-refractivity contribution in [2.45, 2.75) is 38.3 Å². The summed E-state index contributed by atoms with van der Waals surface area (Å²) in [5.41, 5.74) is 1.44. The number of halogens is 3. The molecular weight excluding hydrogens is 411 g/mol. The highest BCUT2D eigenvalue weighted by molar-refractivity contribution is 5.93. The van der Waals surface area contributed by atoms with E-state index in [1.165, 1.54) is 19.6 Å². The number of nitrogens with one attached hydrogen (secondary N) is 1. The van der Waals surface area contributed by atoms with E-state index in [1.807, 2.05) is 6.07 Å². The third kappa shape index (κ3) is 6.77. The Labute approximate surface area is 179 Å². The fraction of sp³-hybridized carbons (Fsp3) is 0.455. The van der Waals surface area contributed by atoms with E-state index in [-0.39, 0.29) is 23.8 Å². The van der Waals surface area contributed by atoms with Crippen LogP contribution >= 0.6 is 0 Å². The van der Waals surface area contributed by atoms with Crippen molar-refractivity contribution in [3.05, 3.63) is 42.1 Å². The number of rotatable bonds is 8. The second kappa shape index (κ2) is 10.4. The van der Waals surface area contributed by atoms with Crippen molar-refractivity contribution >= 4 is 17.4 Å². The lowest BCUT2D eigenvalue weighted by molar-refractivity contribution is -0.153. The highest BCUT2D eigenvalue weighted by Crippen LogP contribution is 2.30. The maximum atomic E-state index is 12.5. The molecule has 3 rings (SSSR count). The number of carbonyl (C=O) groups is 1. The van der Waals surface area contributed by atoms with Gasteiger partial charge in [0, 0.05) is 25.7 Å². The van der Waals surface area contributed by atoms with Crippen LogP contribution in [0, 0.1) is 0 Å². The third-order valence-electron chi connectivity index (χ3n) is 4.98. The van der Waals surface area contributed by atoms with E-state index >= 15 is 0 Å². The number of carbonyl (C=O) groups excluding carboxylic acids is 1. The van der Waals surface area contributed by atoms with Crippen molar-refractivity contribution in [3.8, 4) is 11.5 Å². The Morgan fingerprint density at radius 2 is 1.94 bits per heavy atom. The predicted molar refractivity (Wildman–Crippen MR) is 112 cm³/mol. The van der Waals surface area contributed by atoms with Crippen molar-refractivity contribution in [3.63, 3.8) is 0 Å². The van der Waals surface area contributed by atoms with Gasteiger partial charge in [0.05, 0.1) is 12.8 Å². The minimum Gasteiger partial charge on any atom is -0.493 e. The molecule has 1 amide bonds. The Bertz CT molecular complexity index is 884. The highest BCUT2D eigenvalue weighted by Gasteiger charge is 2.29. The first-order chi connectivity index (χ1) is 14.9. The topological polar surface area (TPSA) is 63.7 Å². The van der Waals surface area contributed by atoms with Gasteiger partial charge in [0.25, 0.3) is 0 Å². The molecule has 9 heteroatoms. The van der Waals surface area contributed by atoms with E-state index in [0.717, 1.165) is 37.3 Å². The van der Waals surface area contributed by atoms with Crippen LogP contribution in [0.25, 0.3) is 0 Å². The highest BCUT2D eigenvalue weighted by atomic mass is 19.4. The van der Waals surface area contributed by atoms with E-state index in [9.17, 15) is 18.0 Å². The number of hydrogen-bond donors (Lipinski definition) is 1. The molecule has 0 unspecified atom stereocenters. The summed E-state index contributed by atoms with van der Waals surface area (Å²) in [4.78, 5) is 19.1. The molecule has 1 aliphatic rings. The zero-order valence-corrected chi connectivity index (χ0v) is 17.4. The minimum atomic E-state index is -4.43. The Balaban J connectivity index is 1.59. The van der Waals surface area contributed by atoms with Gasteiger partial charge < -0.3 is 19.7 Å². The van der Waals surface area contributed by atoms with Crippen LogP contribution in [0.15, 0.2) is 36.5 Å². The standard InChI is InChI=1S/C22H26F3N3O3/c1-30-19-14-16(7-9-18(19)31-15-22(23,24)25)8-10-20(29)27-17-6-5-11-26-21(17)28-12-3-2-4-13-28/h5-7,9,11,14H,2-4,8,10,12-13,15H2,1H3,(H,27,29). The SMILES string of the molecule is COc1cc(CCC(=O)Nc2cccnc2N2CCCCC2)ccc1OCC(F)(F)F. The molecule has 6 nitrogen and oxygen atoms in total. The molecule has 1 aliphatic heterocycles. The van der Waals surface area contributed by atoms with E-state index in [2.05, 4.69) is 15.2 Å². The molecule has 2 heterocycles. The molecule has 0 radical (unpaired) electrons. The van der Waals surface area contributed by atoms with Gasteiger partial charge in [-0.25, -0.2) is 4.98 Å². The molecule has 0 saturated carbocycles. The van der Waals surface area contributed by atoms with Crippen molar-refractivity contribution in [1.29, 1.82) is 0 Å². The number of hydrogen-bond acceptors (Lipinski definition) is 5. The Hall–Kier alpha value is -2.97. The number of anilines is 2. The van der Waals surface area contributed by atoms with Crippen molar-refractivity contribution in [2.75, 3.05) is 37.0 Å². The second-order valence-corrected chi connectivity index (χ2v) is 7.36. The first-order valence-corrected chi connectivity index (χ1v) is 10.2. The van der Waals surface area contributed by atoms with Gasteiger partial charge in [0.1, 0.15) is 0 Å². The average Bonchev–Trinajstić information content (AvgIpc) is 2.77. The first kappa shape index (κ1) is 22.7. The lowest BCUT2D eigenvalue weighted by Gasteiger charge is -2.29. The number of aromatic nitrogens is 1. The smallest absolute Gasteiger partial charge is 0.422 e. The van der Waals surface area contributed by atoms with Gasteiger partial charge in [0.2, 0.25) is 5.91 Å². The van der Waals surface area contributed by atoms with Crippen LogP contribution in [0.3, 0.4) is 0 Å². The van der Waals surface area contributed by atoms with Crippen molar-refractivity contribution in [1.82, 2.24) is 4.98 Å². The number of aryl methyl sites for hydroxylation is 1. The molecule has 2 aromatic rings. The molecule has 31 heavy (non-hydrogen) atoms. The molecule has 1 aromatic carbocycles. The first-order valence-electron chi connectivity index (χ1n) is 10.2. The van der Waals surface area contributed by atoms with Gasteiger partial charge >= 0.3 is 6.18 Å². The summed E-state index contributed by atoms with van der Waals surface area (Å²) in [5.74, 6) is 0.822. The zero-order chi connectivity index (χ0) is 22.3. The number of nitrogens with zero attached hydrogens (tertiary/aromatic N) is 2. The summed E-state index contributed by atoms with van der Waals surface area (Å²) >= 11 is 0. The summed E-state index contributed by atoms with van der Waals surface area (Å²) in [7, 11) is 1.36. The fourth-order valence-corrected chi connectivity index (χ4v) is 3.47. The predicted octanol–water partition coefficient (Wildman–Crippen LogP) is 4.59. The number of methoxy groups -OCH3 is 1. The largest absolute Gasteiger partial charge is 0.493 e. The molecule has 1 fully saturated rings. The Morgan fingerprint density at radius 1 is 1.16 bits per heavy atom. The van der Waals surface area contributed by atoms with Crippen LogP contribution in [0.2, 0.25) is 0 Å². The number of ether oxygens (including phenoxy) is 2. The molecule has 1 aromatic heterocycles. The van der Waals surface area contributed by atoms with Gasteiger partial charge in [-0.2, -0.15) is 13.2 Å². The molecule has 0 bridgehead atoms. The molecule has 0 aliphatic carbocycles. The Kier molecular flexibility index (Phi) is 7.59. The van der Waals surface area contributed by atoms with E-state index in [4.69, 9.17) is 9.47 Å².